The van der Waals surface area contributed by atoms with Crippen LogP contribution in [0.4, 0.5) is 0 Å². The van der Waals surface area contributed by atoms with Crippen molar-refractivity contribution < 1.29 is 0 Å². The summed E-state index contributed by atoms with van der Waals surface area (Å²) >= 11 is 0. The van der Waals surface area contributed by atoms with E-state index < -0.39 is 0 Å². The highest BCUT2D eigenvalue weighted by Crippen LogP contribution is 2.14. The van der Waals surface area contributed by atoms with E-state index in [0.717, 1.165) is 29.6 Å². The molecule has 0 saturated heterocycles. The van der Waals surface area contributed by atoms with Gasteiger partial charge in [0.25, 0.3) is 0 Å². The monoisotopic (exact) mass is 273 g/mol. The quantitative estimate of drug-likeness (QED) is 0.933. The predicted octanol–water partition coefficient (Wildman–Crippen LogP) is 2.48. The molecule has 0 aliphatic heterocycles. The van der Waals surface area contributed by atoms with Crippen molar-refractivity contribution in [2.24, 2.45) is 0 Å². The molecule has 2 aromatic rings. The molecule has 0 aromatic carbocycles. The highest BCUT2D eigenvalue weighted by Gasteiger charge is 2.12. The number of hydrogen-bond acceptors (Lipinski definition) is 4. The van der Waals surface area contributed by atoms with Gasteiger partial charge in [-0.1, -0.05) is 0 Å². The Kier molecular flexibility index (Phi) is 3.90. The topological polar surface area (TPSA) is 55.6 Å². The molecular formula is C15H23N5. The number of aryl methyl sites for hydroxylation is 3. The fraction of sp³-hybridized carbons (Fsp3) is 0.533. The van der Waals surface area contributed by atoms with Gasteiger partial charge < -0.3 is 5.32 Å². The molecule has 0 aliphatic carbocycles. The van der Waals surface area contributed by atoms with Crippen LogP contribution in [0.5, 0.6) is 0 Å². The van der Waals surface area contributed by atoms with Crippen LogP contribution in [0.25, 0.3) is 5.82 Å². The van der Waals surface area contributed by atoms with Crippen molar-refractivity contribution in [1.29, 1.82) is 0 Å². The number of aromatic nitrogens is 4. The van der Waals surface area contributed by atoms with Crippen molar-refractivity contribution in [3.05, 3.63) is 35.0 Å². The summed E-state index contributed by atoms with van der Waals surface area (Å²) in [5.74, 6) is 2.48. The number of nitrogens with zero attached hydrogens (tertiary/aromatic N) is 4. The summed E-state index contributed by atoms with van der Waals surface area (Å²) in [5.41, 5.74) is 2.38. The summed E-state index contributed by atoms with van der Waals surface area (Å²) in [6.45, 7) is 13.2. The van der Waals surface area contributed by atoms with E-state index in [4.69, 9.17) is 0 Å². The van der Waals surface area contributed by atoms with Crippen molar-refractivity contribution in [2.75, 3.05) is 0 Å². The lowest BCUT2D eigenvalue weighted by molar-refractivity contribution is 0.424. The molecule has 0 aliphatic rings. The number of hydrogen-bond donors (Lipinski definition) is 1. The second kappa shape index (κ2) is 5.32. The van der Waals surface area contributed by atoms with Crippen LogP contribution in [0.2, 0.25) is 0 Å². The molecule has 0 bridgehead atoms. The minimum absolute atomic E-state index is 0.103. The minimum atomic E-state index is 0.103. The molecule has 108 valence electrons. The summed E-state index contributed by atoms with van der Waals surface area (Å²) < 4.78 is 1.80. The summed E-state index contributed by atoms with van der Waals surface area (Å²) in [4.78, 5) is 8.86. The van der Waals surface area contributed by atoms with Crippen LogP contribution in [0.1, 0.15) is 43.5 Å². The van der Waals surface area contributed by atoms with Crippen molar-refractivity contribution in [3.63, 3.8) is 0 Å². The molecule has 1 N–H and O–H groups in total. The van der Waals surface area contributed by atoms with Crippen LogP contribution < -0.4 is 5.32 Å². The second-order valence-corrected chi connectivity index (χ2v) is 6.21. The Morgan fingerprint density at radius 3 is 2.40 bits per heavy atom. The molecule has 0 spiro atoms. The third-order valence-electron chi connectivity index (χ3n) is 3.01. The lowest BCUT2D eigenvalue weighted by Gasteiger charge is -2.20. The molecule has 20 heavy (non-hydrogen) atoms. The maximum absolute atomic E-state index is 4.54. The van der Waals surface area contributed by atoms with Gasteiger partial charge in [0.2, 0.25) is 0 Å². The van der Waals surface area contributed by atoms with Crippen molar-refractivity contribution in [3.8, 4) is 5.82 Å². The Morgan fingerprint density at radius 2 is 1.90 bits per heavy atom. The first-order chi connectivity index (χ1) is 9.26. The molecule has 0 radical (unpaired) electrons. The molecule has 0 amide bonds. The van der Waals surface area contributed by atoms with Crippen LogP contribution in [0.15, 0.2) is 12.3 Å². The van der Waals surface area contributed by atoms with Gasteiger partial charge in [-0.2, -0.15) is 4.68 Å². The molecule has 5 nitrogen and oxygen atoms in total. The van der Waals surface area contributed by atoms with Crippen molar-refractivity contribution in [2.45, 2.75) is 53.6 Å². The van der Waals surface area contributed by atoms with Gasteiger partial charge in [-0.15, -0.1) is 5.10 Å². The van der Waals surface area contributed by atoms with E-state index in [1.54, 1.807) is 4.68 Å². The predicted molar refractivity (Wildman–Crippen MR) is 80.0 cm³/mol. The van der Waals surface area contributed by atoms with Crippen molar-refractivity contribution in [1.82, 2.24) is 25.1 Å². The van der Waals surface area contributed by atoms with Gasteiger partial charge in [-0.25, -0.2) is 9.97 Å². The molecule has 0 fully saturated rings. The highest BCUT2D eigenvalue weighted by molar-refractivity contribution is 5.35. The maximum Gasteiger partial charge on any atom is 0.158 e. The van der Waals surface area contributed by atoms with E-state index in [1.807, 2.05) is 20.0 Å². The summed E-state index contributed by atoms with van der Waals surface area (Å²) in [6.07, 6.45) is 1.90. The molecule has 2 heterocycles. The molecule has 5 heteroatoms. The number of rotatable bonds is 3. The number of nitrogens with one attached hydrogen (secondary N) is 1. The zero-order valence-corrected chi connectivity index (χ0v) is 13.2. The zero-order valence-electron chi connectivity index (χ0n) is 13.2. The third-order valence-corrected chi connectivity index (χ3v) is 3.01. The second-order valence-electron chi connectivity index (χ2n) is 6.21. The fourth-order valence-corrected chi connectivity index (χ4v) is 2.03. The molecule has 0 atom stereocenters. The van der Waals surface area contributed by atoms with E-state index in [9.17, 15) is 0 Å². The van der Waals surface area contributed by atoms with Crippen LogP contribution in [0, 0.1) is 20.8 Å². The first kappa shape index (κ1) is 14.7. The number of pyridine rings is 1. The summed E-state index contributed by atoms with van der Waals surface area (Å²) in [7, 11) is 0. The van der Waals surface area contributed by atoms with E-state index in [0.29, 0.717) is 0 Å². The van der Waals surface area contributed by atoms with Gasteiger partial charge >= 0.3 is 0 Å². The Bertz CT molecular complexity index is 607. The lowest BCUT2D eigenvalue weighted by Crippen LogP contribution is -2.35. The lowest BCUT2D eigenvalue weighted by atomic mass is 10.1. The molecule has 0 saturated carbocycles. The maximum atomic E-state index is 4.54. The standard InChI is InChI=1S/C15H23N5/c1-10-7-13(9-17-15(4,5)6)8-16-14(10)20-12(3)18-11(2)19-20/h7-8,17H,9H2,1-6H3. The van der Waals surface area contributed by atoms with Gasteiger partial charge in [-0.3, -0.25) is 0 Å². The average Bonchev–Trinajstić information content (AvgIpc) is 2.65. The van der Waals surface area contributed by atoms with E-state index in [1.165, 1.54) is 5.56 Å². The van der Waals surface area contributed by atoms with Gasteiger partial charge in [0.1, 0.15) is 11.6 Å². The van der Waals surface area contributed by atoms with E-state index >= 15 is 0 Å². The molecule has 0 unspecified atom stereocenters. The van der Waals surface area contributed by atoms with Gasteiger partial charge in [0.05, 0.1) is 0 Å². The Balaban J connectivity index is 2.24. The SMILES string of the molecule is Cc1nc(C)n(-c2ncc(CNC(C)(C)C)cc2C)n1. The van der Waals surface area contributed by atoms with E-state index in [2.05, 4.69) is 54.1 Å². The Morgan fingerprint density at radius 1 is 1.20 bits per heavy atom. The molecule has 2 aromatic heterocycles. The largest absolute Gasteiger partial charge is 0.308 e. The molecule has 2 rings (SSSR count). The fourth-order valence-electron chi connectivity index (χ4n) is 2.03. The smallest absolute Gasteiger partial charge is 0.158 e. The van der Waals surface area contributed by atoms with Crippen LogP contribution in [-0.4, -0.2) is 25.3 Å². The van der Waals surface area contributed by atoms with Crippen LogP contribution >= 0.6 is 0 Å². The Hall–Kier alpha value is -1.75. The summed E-state index contributed by atoms with van der Waals surface area (Å²) in [5, 5.41) is 7.85. The highest BCUT2D eigenvalue weighted by atomic mass is 15.4. The first-order valence-corrected chi connectivity index (χ1v) is 6.87. The van der Waals surface area contributed by atoms with Gasteiger partial charge in [0.15, 0.2) is 5.82 Å². The van der Waals surface area contributed by atoms with Crippen LogP contribution in [-0.2, 0) is 6.54 Å². The van der Waals surface area contributed by atoms with E-state index in [-0.39, 0.29) is 5.54 Å². The summed E-state index contributed by atoms with van der Waals surface area (Å²) in [6, 6.07) is 2.15. The first-order valence-electron chi connectivity index (χ1n) is 6.87. The van der Waals surface area contributed by atoms with Gasteiger partial charge in [-0.05, 0) is 58.7 Å². The Labute approximate surface area is 120 Å². The van der Waals surface area contributed by atoms with Crippen LogP contribution in [0.3, 0.4) is 0 Å². The average molecular weight is 273 g/mol. The minimum Gasteiger partial charge on any atom is -0.308 e. The zero-order chi connectivity index (χ0) is 14.9. The third kappa shape index (κ3) is 3.42. The normalized spacial score (nSPS) is 11.9. The van der Waals surface area contributed by atoms with Gasteiger partial charge in [0, 0.05) is 18.3 Å². The molecular weight excluding hydrogens is 250 g/mol. The van der Waals surface area contributed by atoms with Crippen molar-refractivity contribution >= 4 is 0 Å².